The van der Waals surface area contributed by atoms with Crippen molar-refractivity contribution >= 4 is 5.91 Å². The molecule has 0 unspecified atom stereocenters. The van der Waals surface area contributed by atoms with E-state index in [0.29, 0.717) is 36.4 Å². The summed E-state index contributed by atoms with van der Waals surface area (Å²) in [4.78, 5) is 16.8. The van der Waals surface area contributed by atoms with Crippen molar-refractivity contribution in [2.24, 2.45) is 17.8 Å². The number of nitrogens with one attached hydrogen (secondary N) is 1. The Labute approximate surface area is 167 Å². The Kier molecular flexibility index (Phi) is 5.51. The normalized spacial score (nSPS) is 24.6. The van der Waals surface area contributed by atoms with Crippen LogP contribution in [0.15, 0.2) is 28.8 Å². The maximum Gasteiger partial charge on any atom is 0.227 e. The molecule has 5 heteroatoms. The predicted molar refractivity (Wildman–Crippen MR) is 109 cm³/mol. The quantitative estimate of drug-likeness (QED) is 0.752. The third-order valence-corrected chi connectivity index (χ3v) is 6.69. The van der Waals surface area contributed by atoms with Gasteiger partial charge in [0.05, 0.1) is 0 Å². The van der Waals surface area contributed by atoms with Crippen LogP contribution < -0.4 is 5.32 Å². The summed E-state index contributed by atoms with van der Waals surface area (Å²) in [5.74, 6) is 4.06. The summed E-state index contributed by atoms with van der Waals surface area (Å²) in [7, 11) is 0. The van der Waals surface area contributed by atoms with Gasteiger partial charge in [-0.05, 0) is 55.4 Å². The summed E-state index contributed by atoms with van der Waals surface area (Å²) in [5, 5.41) is 7.27. The van der Waals surface area contributed by atoms with Crippen LogP contribution in [-0.4, -0.2) is 22.1 Å². The van der Waals surface area contributed by atoms with E-state index in [4.69, 9.17) is 4.52 Å². The summed E-state index contributed by atoms with van der Waals surface area (Å²) >= 11 is 0. The second-order valence-corrected chi connectivity index (χ2v) is 8.98. The Morgan fingerprint density at radius 1 is 1.18 bits per heavy atom. The maximum atomic E-state index is 12.4. The third-order valence-electron chi connectivity index (χ3n) is 6.69. The summed E-state index contributed by atoms with van der Waals surface area (Å²) in [6.07, 6.45) is 6.26. The molecule has 5 nitrogen and oxygen atoms in total. The molecule has 4 rings (SSSR count). The molecule has 150 valence electrons. The van der Waals surface area contributed by atoms with E-state index >= 15 is 0 Å². The second-order valence-electron chi connectivity index (χ2n) is 8.98. The molecule has 0 spiro atoms. The van der Waals surface area contributed by atoms with Crippen molar-refractivity contribution in [1.82, 2.24) is 15.5 Å². The molecule has 2 fully saturated rings. The van der Waals surface area contributed by atoms with Gasteiger partial charge in [-0.15, -0.1) is 0 Å². The van der Waals surface area contributed by atoms with E-state index < -0.39 is 0 Å². The van der Waals surface area contributed by atoms with Crippen LogP contribution in [0.5, 0.6) is 0 Å². The number of carbonyl (C=O) groups is 1. The van der Waals surface area contributed by atoms with E-state index in [2.05, 4.69) is 48.4 Å². The molecule has 1 N–H and O–H groups in total. The van der Waals surface area contributed by atoms with Crippen LogP contribution in [0.4, 0.5) is 0 Å². The number of fused-ring (bicyclic) bond motifs is 2. The first-order chi connectivity index (χ1) is 13.5. The summed E-state index contributed by atoms with van der Waals surface area (Å²) in [5.41, 5.74) is 2.22. The number of aryl methyl sites for hydroxylation is 1. The van der Waals surface area contributed by atoms with Crippen molar-refractivity contribution in [3.05, 3.63) is 35.7 Å². The molecule has 28 heavy (non-hydrogen) atoms. The smallest absolute Gasteiger partial charge is 0.227 e. The fraction of sp³-hybridized carbons (Fsp3) is 0.609. The van der Waals surface area contributed by atoms with Crippen LogP contribution in [0.1, 0.15) is 70.2 Å². The van der Waals surface area contributed by atoms with Crippen molar-refractivity contribution in [1.29, 1.82) is 0 Å². The minimum absolute atomic E-state index is 0.0799. The molecule has 1 amide bonds. The number of carbonyl (C=O) groups excluding carboxylic acids is 1. The SMILES string of the molecule is CC(C)c1ccc(-c2noc(CCC(=O)N[C@H](C)[C@@H]3C[C@H]4CC[C@H]3C4)n2)cc1. The van der Waals surface area contributed by atoms with E-state index in [1.807, 2.05) is 12.1 Å². The molecule has 1 aromatic carbocycles. The number of amides is 1. The molecule has 2 aliphatic carbocycles. The average molecular weight is 382 g/mol. The highest BCUT2D eigenvalue weighted by atomic mass is 16.5. The Balaban J connectivity index is 1.27. The Morgan fingerprint density at radius 2 is 1.96 bits per heavy atom. The number of nitrogens with zero attached hydrogens (tertiary/aromatic N) is 2. The highest BCUT2D eigenvalue weighted by molar-refractivity contribution is 5.76. The second kappa shape index (κ2) is 8.06. The topological polar surface area (TPSA) is 68.0 Å². The van der Waals surface area contributed by atoms with Crippen molar-refractivity contribution in [2.45, 2.75) is 71.3 Å². The van der Waals surface area contributed by atoms with Gasteiger partial charge in [0.25, 0.3) is 0 Å². The molecule has 0 saturated heterocycles. The zero-order valence-electron chi connectivity index (χ0n) is 17.1. The standard InChI is InChI=1S/C23H31N3O2/c1-14(2)17-6-8-18(9-7-17)23-25-22(28-26-23)11-10-21(27)24-15(3)20-13-16-4-5-19(20)12-16/h6-9,14-16,19-20H,4-5,10-13H2,1-3H3,(H,24,27)/t15-,16+,19+,20+/m1/s1. The van der Waals surface area contributed by atoms with Gasteiger partial charge in [-0.25, -0.2) is 0 Å². The first-order valence-electron chi connectivity index (χ1n) is 10.7. The monoisotopic (exact) mass is 381 g/mol. The van der Waals surface area contributed by atoms with E-state index in [1.54, 1.807) is 0 Å². The zero-order chi connectivity index (χ0) is 19.7. The van der Waals surface area contributed by atoms with Crippen LogP contribution in [0.3, 0.4) is 0 Å². The van der Waals surface area contributed by atoms with Crippen LogP contribution in [0.25, 0.3) is 11.4 Å². The number of rotatable bonds is 7. The number of hydrogen-bond donors (Lipinski definition) is 1. The molecule has 1 heterocycles. The van der Waals surface area contributed by atoms with E-state index in [0.717, 1.165) is 17.4 Å². The van der Waals surface area contributed by atoms with Crippen LogP contribution in [0.2, 0.25) is 0 Å². The predicted octanol–water partition coefficient (Wildman–Crippen LogP) is 4.73. The van der Waals surface area contributed by atoms with Crippen molar-refractivity contribution in [3.8, 4) is 11.4 Å². The number of hydrogen-bond acceptors (Lipinski definition) is 4. The Bertz CT molecular complexity index is 812. The number of benzene rings is 1. The fourth-order valence-electron chi connectivity index (χ4n) is 5.05. The van der Waals surface area contributed by atoms with Crippen LogP contribution >= 0.6 is 0 Å². The molecule has 2 aromatic rings. The van der Waals surface area contributed by atoms with Crippen molar-refractivity contribution in [2.75, 3.05) is 0 Å². The minimum atomic E-state index is 0.0799. The minimum Gasteiger partial charge on any atom is -0.353 e. The lowest BCUT2D eigenvalue weighted by Crippen LogP contribution is -2.40. The van der Waals surface area contributed by atoms with Gasteiger partial charge in [0.15, 0.2) is 0 Å². The average Bonchev–Trinajstić information content (AvgIpc) is 3.43. The lowest BCUT2D eigenvalue weighted by atomic mass is 9.84. The lowest BCUT2D eigenvalue weighted by molar-refractivity contribution is -0.122. The molecular weight excluding hydrogens is 350 g/mol. The van der Waals surface area contributed by atoms with Crippen molar-refractivity contribution < 1.29 is 9.32 Å². The van der Waals surface area contributed by atoms with E-state index in [-0.39, 0.29) is 11.9 Å². The molecule has 4 atom stereocenters. The zero-order valence-corrected chi connectivity index (χ0v) is 17.1. The van der Waals surface area contributed by atoms with Gasteiger partial charge in [0.2, 0.25) is 17.6 Å². The Morgan fingerprint density at radius 3 is 2.61 bits per heavy atom. The van der Waals surface area contributed by atoms with Gasteiger partial charge in [0.1, 0.15) is 0 Å². The fourth-order valence-corrected chi connectivity index (χ4v) is 5.05. The van der Waals surface area contributed by atoms with Gasteiger partial charge in [-0.3, -0.25) is 4.79 Å². The van der Waals surface area contributed by atoms with Crippen molar-refractivity contribution in [3.63, 3.8) is 0 Å². The molecule has 0 aliphatic heterocycles. The van der Waals surface area contributed by atoms with Gasteiger partial charge in [-0.1, -0.05) is 49.7 Å². The van der Waals surface area contributed by atoms with E-state index in [1.165, 1.54) is 31.2 Å². The highest BCUT2D eigenvalue weighted by Crippen LogP contribution is 2.49. The highest BCUT2D eigenvalue weighted by Gasteiger charge is 2.42. The summed E-state index contributed by atoms with van der Waals surface area (Å²) < 4.78 is 5.35. The molecule has 2 bridgehead atoms. The van der Waals surface area contributed by atoms with E-state index in [9.17, 15) is 4.79 Å². The lowest BCUT2D eigenvalue weighted by Gasteiger charge is -2.28. The van der Waals surface area contributed by atoms with Gasteiger partial charge in [0, 0.05) is 24.4 Å². The summed E-state index contributed by atoms with van der Waals surface area (Å²) in [6, 6.07) is 8.50. The summed E-state index contributed by atoms with van der Waals surface area (Å²) in [6.45, 7) is 6.50. The van der Waals surface area contributed by atoms with Crippen LogP contribution in [-0.2, 0) is 11.2 Å². The molecule has 0 radical (unpaired) electrons. The van der Waals surface area contributed by atoms with Gasteiger partial charge < -0.3 is 9.84 Å². The first-order valence-corrected chi connectivity index (χ1v) is 10.7. The molecular formula is C23H31N3O2. The van der Waals surface area contributed by atoms with Gasteiger partial charge in [-0.2, -0.15) is 4.98 Å². The largest absolute Gasteiger partial charge is 0.353 e. The molecule has 2 aliphatic rings. The molecule has 1 aromatic heterocycles. The Hall–Kier alpha value is -2.17. The van der Waals surface area contributed by atoms with Crippen LogP contribution in [0, 0.1) is 17.8 Å². The number of aromatic nitrogens is 2. The first kappa shape index (κ1) is 19.2. The third kappa shape index (κ3) is 4.13. The van der Waals surface area contributed by atoms with Gasteiger partial charge >= 0.3 is 0 Å². The maximum absolute atomic E-state index is 12.4. The molecule has 2 saturated carbocycles.